The van der Waals surface area contributed by atoms with Gasteiger partial charge in [0.05, 0.1) is 18.4 Å². The minimum Gasteiger partial charge on any atom is -0.357 e. The zero-order valence-electron chi connectivity index (χ0n) is 18.1. The number of alkyl halides is 3. The van der Waals surface area contributed by atoms with Crippen LogP contribution in [0.5, 0.6) is 0 Å². The van der Waals surface area contributed by atoms with E-state index in [0.29, 0.717) is 51.5 Å². The van der Waals surface area contributed by atoms with Gasteiger partial charge in [0, 0.05) is 26.2 Å². The molecule has 0 radical (unpaired) electrons. The lowest BCUT2D eigenvalue weighted by Gasteiger charge is -2.19. The van der Waals surface area contributed by atoms with E-state index in [1.165, 1.54) is 16.8 Å². The molecule has 3 rings (SSSR count). The molecule has 1 saturated heterocycles. The molecule has 1 heterocycles. The second kappa shape index (κ2) is 10.0. The molecule has 4 atom stereocenters. The molecule has 0 spiro atoms. The number of guanidine groups is 1. The standard InChI is InChI=1S/C21H32F3N5O2/c1-3-25-20(26-8-4-10-28(2)13-21(22,23)24)27-9-5-11-29-18(30)16-14-6-7-15(12-14)17(16)19(29)31/h6-7,14-17H,3-5,8-13H2,1-2H3,(H2,25,26,27). The van der Waals surface area contributed by atoms with Gasteiger partial charge >= 0.3 is 6.18 Å². The maximum absolute atomic E-state index is 12.7. The van der Waals surface area contributed by atoms with E-state index in [1.807, 2.05) is 6.92 Å². The number of aliphatic imine (C=N–C) groups is 1. The first kappa shape index (κ1) is 23.6. The Morgan fingerprint density at radius 3 is 2.39 bits per heavy atom. The van der Waals surface area contributed by atoms with Crippen LogP contribution in [-0.2, 0) is 9.59 Å². The van der Waals surface area contributed by atoms with Gasteiger partial charge in [0.1, 0.15) is 0 Å². The van der Waals surface area contributed by atoms with Crippen LogP contribution in [0, 0.1) is 23.7 Å². The van der Waals surface area contributed by atoms with Crippen molar-refractivity contribution in [1.82, 2.24) is 20.4 Å². The van der Waals surface area contributed by atoms with Crippen LogP contribution in [0.3, 0.4) is 0 Å². The number of hydrogen-bond acceptors (Lipinski definition) is 4. The molecular formula is C21H32F3N5O2. The quantitative estimate of drug-likeness (QED) is 0.176. The van der Waals surface area contributed by atoms with Crippen LogP contribution in [0.2, 0.25) is 0 Å². The van der Waals surface area contributed by atoms with Crippen molar-refractivity contribution in [3.63, 3.8) is 0 Å². The van der Waals surface area contributed by atoms with Crippen LogP contribution in [0.15, 0.2) is 17.1 Å². The number of carbonyl (C=O) groups excluding carboxylic acids is 2. The van der Waals surface area contributed by atoms with Gasteiger partial charge in [-0.2, -0.15) is 13.2 Å². The number of allylic oxidation sites excluding steroid dienone is 2. The minimum atomic E-state index is -4.19. The number of imide groups is 1. The van der Waals surface area contributed by atoms with Crippen molar-refractivity contribution in [2.75, 3.05) is 46.3 Å². The lowest BCUT2D eigenvalue weighted by molar-refractivity contribution is -0.143. The molecule has 1 aliphatic heterocycles. The summed E-state index contributed by atoms with van der Waals surface area (Å²) in [6, 6.07) is 0. The van der Waals surface area contributed by atoms with E-state index in [-0.39, 0.29) is 35.5 Å². The molecule has 2 fully saturated rings. The monoisotopic (exact) mass is 443 g/mol. The normalized spacial score (nSPS) is 27.5. The zero-order chi connectivity index (χ0) is 22.6. The molecule has 2 N–H and O–H groups in total. The fourth-order valence-electron chi connectivity index (χ4n) is 4.89. The van der Waals surface area contributed by atoms with E-state index in [9.17, 15) is 22.8 Å². The van der Waals surface area contributed by atoms with Crippen LogP contribution in [0.25, 0.3) is 0 Å². The Hall–Kier alpha value is -2.10. The summed E-state index contributed by atoms with van der Waals surface area (Å²) in [5.41, 5.74) is 0. The lowest BCUT2D eigenvalue weighted by Crippen LogP contribution is -2.39. The van der Waals surface area contributed by atoms with Gasteiger partial charge in [0.2, 0.25) is 11.8 Å². The molecule has 7 nitrogen and oxygen atoms in total. The van der Waals surface area contributed by atoms with Gasteiger partial charge in [0.25, 0.3) is 0 Å². The van der Waals surface area contributed by atoms with Crippen molar-refractivity contribution in [2.45, 2.75) is 32.4 Å². The zero-order valence-corrected chi connectivity index (χ0v) is 18.1. The number of nitrogens with one attached hydrogen (secondary N) is 2. The summed E-state index contributed by atoms with van der Waals surface area (Å²) in [7, 11) is 1.45. The Kier molecular flexibility index (Phi) is 7.61. The molecule has 2 bridgehead atoms. The molecule has 10 heteroatoms. The van der Waals surface area contributed by atoms with E-state index < -0.39 is 12.7 Å². The van der Waals surface area contributed by atoms with Gasteiger partial charge < -0.3 is 10.6 Å². The van der Waals surface area contributed by atoms with Crippen molar-refractivity contribution in [3.05, 3.63) is 12.2 Å². The second-order valence-electron chi connectivity index (χ2n) is 8.58. The molecular weight excluding hydrogens is 411 g/mol. The fraction of sp³-hybridized carbons (Fsp3) is 0.762. The van der Waals surface area contributed by atoms with Gasteiger partial charge in [-0.25, -0.2) is 0 Å². The molecule has 3 aliphatic rings. The van der Waals surface area contributed by atoms with Gasteiger partial charge in [-0.15, -0.1) is 0 Å². The van der Waals surface area contributed by atoms with Crippen molar-refractivity contribution in [1.29, 1.82) is 0 Å². The first-order valence-corrected chi connectivity index (χ1v) is 11.0. The highest BCUT2D eigenvalue weighted by Crippen LogP contribution is 2.52. The topological polar surface area (TPSA) is 77.0 Å². The van der Waals surface area contributed by atoms with Gasteiger partial charge in [-0.3, -0.25) is 24.4 Å². The van der Waals surface area contributed by atoms with Gasteiger partial charge in [0.15, 0.2) is 5.96 Å². The number of carbonyl (C=O) groups is 2. The highest BCUT2D eigenvalue weighted by Gasteiger charge is 2.58. The molecule has 0 aromatic carbocycles. The predicted molar refractivity (Wildman–Crippen MR) is 111 cm³/mol. The Morgan fingerprint density at radius 1 is 1.16 bits per heavy atom. The number of nitrogens with zero attached hydrogens (tertiary/aromatic N) is 3. The fourth-order valence-corrected chi connectivity index (χ4v) is 4.89. The van der Waals surface area contributed by atoms with E-state index in [2.05, 4.69) is 27.8 Å². The molecule has 0 aromatic rings. The summed E-state index contributed by atoms with van der Waals surface area (Å²) in [4.78, 5) is 32.4. The van der Waals surface area contributed by atoms with Crippen molar-refractivity contribution >= 4 is 17.8 Å². The first-order chi connectivity index (χ1) is 14.7. The molecule has 31 heavy (non-hydrogen) atoms. The average molecular weight is 444 g/mol. The van der Waals surface area contributed by atoms with Gasteiger partial charge in [-0.05, 0) is 51.6 Å². The van der Waals surface area contributed by atoms with Crippen LogP contribution in [-0.4, -0.2) is 80.1 Å². The van der Waals surface area contributed by atoms with E-state index in [0.717, 1.165) is 6.42 Å². The van der Waals surface area contributed by atoms with Crippen molar-refractivity contribution in [2.24, 2.45) is 28.7 Å². The van der Waals surface area contributed by atoms with Gasteiger partial charge in [-0.1, -0.05) is 12.2 Å². The number of amides is 2. The minimum absolute atomic E-state index is 0.0381. The maximum atomic E-state index is 12.7. The van der Waals surface area contributed by atoms with E-state index in [1.54, 1.807) is 0 Å². The summed E-state index contributed by atoms with van der Waals surface area (Å²) in [6.07, 6.45) is 2.03. The summed E-state index contributed by atoms with van der Waals surface area (Å²) in [5, 5.41) is 6.21. The maximum Gasteiger partial charge on any atom is 0.401 e. The molecule has 0 aromatic heterocycles. The average Bonchev–Trinajstić information content (AvgIpc) is 3.36. The first-order valence-electron chi connectivity index (χ1n) is 11.0. The van der Waals surface area contributed by atoms with E-state index >= 15 is 0 Å². The van der Waals surface area contributed by atoms with Crippen molar-refractivity contribution in [3.8, 4) is 0 Å². The molecule has 4 unspecified atom stereocenters. The Bertz CT molecular complexity index is 694. The van der Waals surface area contributed by atoms with Crippen LogP contribution in [0.4, 0.5) is 13.2 Å². The van der Waals surface area contributed by atoms with E-state index in [4.69, 9.17) is 0 Å². The predicted octanol–water partition coefficient (Wildman–Crippen LogP) is 1.62. The molecule has 2 amide bonds. The highest BCUT2D eigenvalue weighted by molar-refractivity contribution is 6.06. The third-order valence-corrected chi connectivity index (χ3v) is 6.17. The largest absolute Gasteiger partial charge is 0.401 e. The Labute approximate surface area is 181 Å². The SMILES string of the molecule is CCNC(=NCCCN1C(=O)C2C3C=CC(C3)C2C1=O)NCCCN(C)CC(F)(F)F. The third kappa shape index (κ3) is 5.78. The third-order valence-electron chi connectivity index (χ3n) is 6.17. The second-order valence-corrected chi connectivity index (χ2v) is 8.58. The van der Waals surface area contributed by atoms with Crippen LogP contribution in [0.1, 0.15) is 26.2 Å². The molecule has 174 valence electrons. The summed E-state index contributed by atoms with van der Waals surface area (Å²) < 4.78 is 37.0. The molecule has 2 aliphatic carbocycles. The Morgan fingerprint density at radius 2 is 1.81 bits per heavy atom. The highest BCUT2D eigenvalue weighted by atomic mass is 19.4. The number of hydrogen-bond donors (Lipinski definition) is 2. The Balaban J connectivity index is 1.38. The van der Waals surface area contributed by atoms with Crippen molar-refractivity contribution < 1.29 is 22.8 Å². The van der Waals surface area contributed by atoms with Crippen LogP contribution < -0.4 is 10.6 Å². The number of likely N-dealkylation sites (tertiary alicyclic amines) is 1. The van der Waals surface area contributed by atoms with Crippen LogP contribution >= 0.6 is 0 Å². The lowest BCUT2D eigenvalue weighted by atomic mass is 9.85. The number of halogens is 3. The number of rotatable bonds is 10. The summed E-state index contributed by atoms with van der Waals surface area (Å²) >= 11 is 0. The summed E-state index contributed by atoms with van der Waals surface area (Å²) in [6.45, 7) is 3.30. The smallest absolute Gasteiger partial charge is 0.357 e. The summed E-state index contributed by atoms with van der Waals surface area (Å²) in [5.74, 6) is 0.608. The number of fused-ring (bicyclic) bond motifs is 5. The molecule has 1 saturated carbocycles.